The minimum atomic E-state index is -0.163. The predicted molar refractivity (Wildman–Crippen MR) is 75.4 cm³/mol. The Morgan fingerprint density at radius 1 is 1.37 bits per heavy atom. The van der Waals surface area contributed by atoms with Gasteiger partial charge in [-0.25, -0.2) is 4.39 Å². The van der Waals surface area contributed by atoms with Crippen molar-refractivity contribution < 1.29 is 9.13 Å². The largest absolute Gasteiger partial charge is 0.377 e. The highest BCUT2D eigenvalue weighted by atomic mass is 19.1. The molecule has 1 aliphatic rings. The monoisotopic (exact) mass is 265 g/mol. The average Bonchev–Trinajstić information content (AvgIpc) is 2.36. The summed E-state index contributed by atoms with van der Waals surface area (Å²) in [7, 11) is 0. The Balaban J connectivity index is 1.76. The highest BCUT2D eigenvalue weighted by Gasteiger charge is 2.16. The summed E-state index contributed by atoms with van der Waals surface area (Å²) in [6.45, 7) is 4.91. The van der Waals surface area contributed by atoms with Crippen LogP contribution in [0, 0.1) is 11.7 Å². The van der Waals surface area contributed by atoms with Crippen molar-refractivity contribution >= 4 is 0 Å². The molecule has 0 unspecified atom stereocenters. The Labute approximate surface area is 115 Å². The zero-order valence-electron chi connectivity index (χ0n) is 11.8. The number of halogens is 1. The quantitative estimate of drug-likeness (QED) is 0.725. The molecule has 2 nitrogen and oxygen atoms in total. The van der Waals surface area contributed by atoms with Crippen LogP contribution in [-0.4, -0.2) is 13.2 Å². The Kier molecular flexibility index (Phi) is 5.80. The molecule has 1 N–H and O–H groups in total. The lowest BCUT2D eigenvalue weighted by atomic mass is 9.83. The van der Waals surface area contributed by atoms with E-state index in [2.05, 4.69) is 12.2 Å². The van der Waals surface area contributed by atoms with Crippen LogP contribution in [0.1, 0.15) is 43.7 Å². The molecule has 2 rings (SSSR count). The van der Waals surface area contributed by atoms with Gasteiger partial charge in [-0.3, -0.25) is 0 Å². The van der Waals surface area contributed by atoms with E-state index in [9.17, 15) is 4.39 Å². The Morgan fingerprint density at radius 2 is 2.21 bits per heavy atom. The highest BCUT2D eigenvalue weighted by Crippen LogP contribution is 2.29. The number of hydrogen-bond acceptors (Lipinski definition) is 2. The SMILES string of the molecule is CCNCc1ccc(F)c(COCCC2CCC2)c1. The van der Waals surface area contributed by atoms with Gasteiger partial charge in [0.15, 0.2) is 0 Å². The molecule has 0 radical (unpaired) electrons. The van der Waals surface area contributed by atoms with E-state index in [0.717, 1.165) is 37.6 Å². The van der Waals surface area contributed by atoms with Gasteiger partial charge in [0.2, 0.25) is 0 Å². The van der Waals surface area contributed by atoms with Crippen molar-refractivity contribution in [2.24, 2.45) is 5.92 Å². The van der Waals surface area contributed by atoms with Gasteiger partial charge in [0.05, 0.1) is 6.61 Å². The Bertz CT molecular complexity index is 390. The van der Waals surface area contributed by atoms with Crippen LogP contribution in [0.5, 0.6) is 0 Å². The molecule has 106 valence electrons. The third-order valence-corrected chi connectivity index (χ3v) is 3.84. The maximum Gasteiger partial charge on any atom is 0.128 e. The third-order valence-electron chi connectivity index (χ3n) is 3.84. The number of ether oxygens (including phenoxy) is 1. The lowest BCUT2D eigenvalue weighted by Crippen LogP contribution is -2.14. The van der Waals surface area contributed by atoms with Gasteiger partial charge >= 0.3 is 0 Å². The topological polar surface area (TPSA) is 21.3 Å². The molecule has 0 bridgehead atoms. The molecule has 0 aliphatic heterocycles. The molecule has 3 heteroatoms. The van der Waals surface area contributed by atoms with Gasteiger partial charge in [-0.15, -0.1) is 0 Å². The van der Waals surface area contributed by atoms with E-state index in [-0.39, 0.29) is 5.82 Å². The number of hydrogen-bond donors (Lipinski definition) is 1. The summed E-state index contributed by atoms with van der Waals surface area (Å²) in [5.41, 5.74) is 1.78. The zero-order valence-corrected chi connectivity index (χ0v) is 11.8. The van der Waals surface area contributed by atoms with Crippen molar-refractivity contribution in [2.75, 3.05) is 13.2 Å². The molecular formula is C16H24FNO. The normalized spacial score (nSPS) is 15.5. The maximum absolute atomic E-state index is 13.7. The van der Waals surface area contributed by atoms with Crippen LogP contribution >= 0.6 is 0 Å². The average molecular weight is 265 g/mol. The summed E-state index contributed by atoms with van der Waals surface area (Å²) in [6.07, 6.45) is 5.18. The van der Waals surface area contributed by atoms with E-state index in [1.165, 1.54) is 25.3 Å². The van der Waals surface area contributed by atoms with Crippen LogP contribution in [0.4, 0.5) is 4.39 Å². The molecule has 1 aliphatic carbocycles. The van der Waals surface area contributed by atoms with Crippen molar-refractivity contribution in [3.8, 4) is 0 Å². The van der Waals surface area contributed by atoms with Crippen molar-refractivity contribution in [3.05, 3.63) is 35.1 Å². The van der Waals surface area contributed by atoms with Gasteiger partial charge in [0.25, 0.3) is 0 Å². The summed E-state index contributed by atoms with van der Waals surface area (Å²) in [6, 6.07) is 5.27. The number of rotatable bonds is 8. The lowest BCUT2D eigenvalue weighted by Gasteiger charge is -2.24. The van der Waals surface area contributed by atoms with E-state index in [4.69, 9.17) is 4.74 Å². The fraction of sp³-hybridized carbons (Fsp3) is 0.625. The van der Waals surface area contributed by atoms with Crippen molar-refractivity contribution in [1.82, 2.24) is 5.32 Å². The molecule has 1 aromatic rings. The van der Waals surface area contributed by atoms with Gasteiger partial charge in [-0.2, -0.15) is 0 Å². The van der Waals surface area contributed by atoms with Crippen LogP contribution in [0.2, 0.25) is 0 Å². The van der Waals surface area contributed by atoms with Crippen LogP contribution in [-0.2, 0) is 17.9 Å². The van der Waals surface area contributed by atoms with Gasteiger partial charge in [0.1, 0.15) is 5.82 Å². The fourth-order valence-corrected chi connectivity index (χ4v) is 2.33. The highest BCUT2D eigenvalue weighted by molar-refractivity contribution is 5.24. The Hall–Kier alpha value is -0.930. The molecule has 1 aromatic carbocycles. The van der Waals surface area contributed by atoms with Gasteiger partial charge < -0.3 is 10.1 Å². The van der Waals surface area contributed by atoms with Crippen molar-refractivity contribution in [1.29, 1.82) is 0 Å². The summed E-state index contributed by atoms with van der Waals surface area (Å²) < 4.78 is 19.3. The maximum atomic E-state index is 13.7. The molecule has 0 heterocycles. The second-order valence-electron chi connectivity index (χ2n) is 5.34. The molecule has 1 fully saturated rings. The molecule has 19 heavy (non-hydrogen) atoms. The summed E-state index contributed by atoms with van der Waals surface area (Å²) in [4.78, 5) is 0. The number of benzene rings is 1. The molecule has 0 saturated heterocycles. The minimum absolute atomic E-state index is 0.163. The first-order valence-electron chi connectivity index (χ1n) is 7.35. The molecular weight excluding hydrogens is 241 g/mol. The van der Waals surface area contributed by atoms with E-state index in [0.29, 0.717) is 12.2 Å². The molecule has 1 saturated carbocycles. The molecule has 0 aromatic heterocycles. The second-order valence-corrected chi connectivity index (χ2v) is 5.34. The Morgan fingerprint density at radius 3 is 2.89 bits per heavy atom. The van der Waals surface area contributed by atoms with Gasteiger partial charge in [-0.1, -0.05) is 32.3 Å². The zero-order chi connectivity index (χ0) is 13.5. The van der Waals surface area contributed by atoms with Crippen LogP contribution in [0.3, 0.4) is 0 Å². The molecule has 0 amide bonds. The smallest absolute Gasteiger partial charge is 0.128 e. The molecule has 0 spiro atoms. The first kappa shape index (κ1) is 14.5. The van der Waals surface area contributed by atoms with Crippen LogP contribution < -0.4 is 5.32 Å². The third kappa shape index (κ3) is 4.59. The van der Waals surface area contributed by atoms with E-state index in [1.54, 1.807) is 0 Å². The van der Waals surface area contributed by atoms with E-state index in [1.807, 2.05) is 12.1 Å². The van der Waals surface area contributed by atoms with Gasteiger partial charge in [0, 0.05) is 18.7 Å². The fourth-order valence-electron chi connectivity index (χ4n) is 2.33. The van der Waals surface area contributed by atoms with Crippen LogP contribution in [0.25, 0.3) is 0 Å². The summed E-state index contributed by atoms with van der Waals surface area (Å²) in [5.74, 6) is 0.689. The minimum Gasteiger partial charge on any atom is -0.377 e. The second kappa shape index (κ2) is 7.61. The van der Waals surface area contributed by atoms with E-state index < -0.39 is 0 Å². The number of nitrogens with one attached hydrogen (secondary N) is 1. The van der Waals surface area contributed by atoms with Gasteiger partial charge in [-0.05, 0) is 36.6 Å². The van der Waals surface area contributed by atoms with E-state index >= 15 is 0 Å². The summed E-state index contributed by atoms with van der Waals surface area (Å²) in [5, 5.41) is 3.25. The lowest BCUT2D eigenvalue weighted by molar-refractivity contribution is 0.0931. The standard InChI is InChI=1S/C16H24FNO/c1-2-18-11-14-6-7-16(17)15(10-14)12-19-9-8-13-4-3-5-13/h6-7,10,13,18H,2-5,8-9,11-12H2,1H3. The van der Waals surface area contributed by atoms with Crippen LogP contribution in [0.15, 0.2) is 18.2 Å². The first-order valence-corrected chi connectivity index (χ1v) is 7.35. The first-order chi connectivity index (χ1) is 9.29. The van der Waals surface area contributed by atoms with Crippen molar-refractivity contribution in [2.45, 2.75) is 45.8 Å². The predicted octanol–water partition coefficient (Wildman–Crippen LogP) is 3.64. The summed E-state index contributed by atoms with van der Waals surface area (Å²) >= 11 is 0. The van der Waals surface area contributed by atoms with Crippen molar-refractivity contribution in [3.63, 3.8) is 0 Å². The molecule has 0 atom stereocenters.